The van der Waals surface area contributed by atoms with Gasteiger partial charge in [-0.1, -0.05) is 32.6 Å². The molecule has 2 saturated carbocycles. The number of hydrogen-bond acceptors (Lipinski definition) is 2. The van der Waals surface area contributed by atoms with Crippen LogP contribution >= 0.6 is 0 Å². The standard InChI is InChI=1S/C13H26N4/c1-10-2-4-11(5-3-10)8-9-15-13(17-14)16-12-6-7-12/h10-12H,2-9,14H2,1H3,(H2,15,16,17). The van der Waals surface area contributed by atoms with E-state index in [1.54, 1.807) is 0 Å². The van der Waals surface area contributed by atoms with Crippen molar-refractivity contribution in [3.63, 3.8) is 0 Å². The van der Waals surface area contributed by atoms with Crippen molar-refractivity contribution in [3.05, 3.63) is 0 Å². The third-order valence-electron chi connectivity index (χ3n) is 4.00. The summed E-state index contributed by atoms with van der Waals surface area (Å²) in [4.78, 5) is 4.50. The fraction of sp³-hybridized carbons (Fsp3) is 0.923. The van der Waals surface area contributed by atoms with Gasteiger partial charge in [0.05, 0.1) is 0 Å². The lowest BCUT2D eigenvalue weighted by Gasteiger charge is -2.25. The minimum Gasteiger partial charge on any atom is -0.353 e. The van der Waals surface area contributed by atoms with Crippen molar-refractivity contribution in [2.75, 3.05) is 6.54 Å². The SMILES string of the molecule is CC1CCC(CCN=C(NN)NC2CC2)CC1. The Morgan fingerprint density at radius 3 is 2.47 bits per heavy atom. The highest BCUT2D eigenvalue weighted by Gasteiger charge is 2.22. The molecule has 0 unspecified atom stereocenters. The summed E-state index contributed by atoms with van der Waals surface area (Å²) in [6.07, 6.45) is 9.29. The normalized spacial score (nSPS) is 30.1. The van der Waals surface area contributed by atoms with E-state index in [-0.39, 0.29) is 0 Å². The van der Waals surface area contributed by atoms with Crippen molar-refractivity contribution in [1.82, 2.24) is 10.7 Å². The zero-order valence-corrected chi connectivity index (χ0v) is 10.9. The predicted molar refractivity (Wildman–Crippen MR) is 71.5 cm³/mol. The number of nitrogens with one attached hydrogen (secondary N) is 2. The molecule has 0 bridgehead atoms. The van der Waals surface area contributed by atoms with E-state index in [9.17, 15) is 0 Å². The first-order valence-corrected chi connectivity index (χ1v) is 7.05. The molecule has 0 spiro atoms. The summed E-state index contributed by atoms with van der Waals surface area (Å²) in [6, 6.07) is 0.611. The molecule has 98 valence electrons. The monoisotopic (exact) mass is 238 g/mol. The minimum atomic E-state index is 0.611. The van der Waals surface area contributed by atoms with Crippen LogP contribution < -0.4 is 16.6 Å². The summed E-state index contributed by atoms with van der Waals surface area (Å²) >= 11 is 0. The van der Waals surface area contributed by atoms with Crippen LogP contribution in [0.2, 0.25) is 0 Å². The van der Waals surface area contributed by atoms with Crippen LogP contribution in [0, 0.1) is 11.8 Å². The van der Waals surface area contributed by atoms with Gasteiger partial charge in [-0.2, -0.15) is 0 Å². The fourth-order valence-electron chi connectivity index (χ4n) is 2.53. The average Bonchev–Trinajstić information content (AvgIpc) is 3.14. The maximum absolute atomic E-state index is 5.44. The lowest BCUT2D eigenvalue weighted by molar-refractivity contribution is 0.280. The third-order valence-corrected chi connectivity index (χ3v) is 4.00. The second kappa shape index (κ2) is 6.24. The molecule has 0 atom stereocenters. The van der Waals surface area contributed by atoms with Crippen LogP contribution in [0.3, 0.4) is 0 Å². The Bertz CT molecular complexity index is 252. The number of hydrazine groups is 1. The van der Waals surface area contributed by atoms with Gasteiger partial charge in [0, 0.05) is 12.6 Å². The number of hydrogen-bond donors (Lipinski definition) is 3. The van der Waals surface area contributed by atoms with Crippen LogP contribution in [0.25, 0.3) is 0 Å². The molecule has 0 radical (unpaired) electrons. The lowest BCUT2D eigenvalue weighted by atomic mass is 9.81. The lowest BCUT2D eigenvalue weighted by Crippen LogP contribution is -2.42. The molecule has 2 fully saturated rings. The highest BCUT2D eigenvalue weighted by Crippen LogP contribution is 2.30. The molecule has 2 rings (SSSR count). The van der Waals surface area contributed by atoms with Crippen LogP contribution in [-0.4, -0.2) is 18.5 Å². The zero-order chi connectivity index (χ0) is 12.1. The minimum absolute atomic E-state index is 0.611. The first kappa shape index (κ1) is 12.7. The first-order chi connectivity index (χ1) is 8.28. The maximum Gasteiger partial charge on any atom is 0.205 e. The molecule has 0 aromatic heterocycles. The molecule has 2 aliphatic rings. The second-order valence-corrected chi connectivity index (χ2v) is 5.71. The number of nitrogens with two attached hydrogens (primary N) is 1. The molecule has 0 saturated heterocycles. The Balaban J connectivity index is 1.64. The Hall–Kier alpha value is -0.770. The predicted octanol–water partition coefficient (Wildman–Crippen LogP) is 1.77. The van der Waals surface area contributed by atoms with Gasteiger partial charge in [0.2, 0.25) is 5.96 Å². The molecule has 2 aliphatic carbocycles. The van der Waals surface area contributed by atoms with E-state index >= 15 is 0 Å². The summed E-state index contributed by atoms with van der Waals surface area (Å²) in [5, 5.41) is 3.30. The van der Waals surface area contributed by atoms with Crippen molar-refractivity contribution in [2.45, 2.75) is 57.9 Å². The van der Waals surface area contributed by atoms with Crippen LogP contribution in [0.1, 0.15) is 51.9 Å². The average molecular weight is 238 g/mol. The summed E-state index contributed by atoms with van der Waals surface area (Å²) in [5.41, 5.74) is 2.66. The van der Waals surface area contributed by atoms with Crippen molar-refractivity contribution in [1.29, 1.82) is 0 Å². The molecular formula is C13H26N4. The van der Waals surface area contributed by atoms with Crippen LogP contribution in [0.4, 0.5) is 0 Å². The third kappa shape index (κ3) is 4.54. The van der Waals surface area contributed by atoms with Crippen molar-refractivity contribution in [3.8, 4) is 0 Å². The zero-order valence-electron chi connectivity index (χ0n) is 10.9. The van der Waals surface area contributed by atoms with Crippen molar-refractivity contribution < 1.29 is 0 Å². The molecule has 0 aliphatic heterocycles. The molecule has 4 N–H and O–H groups in total. The van der Waals surface area contributed by atoms with E-state index in [2.05, 4.69) is 22.7 Å². The fourth-order valence-corrected chi connectivity index (χ4v) is 2.53. The highest BCUT2D eigenvalue weighted by molar-refractivity contribution is 5.79. The topological polar surface area (TPSA) is 62.4 Å². The Kier molecular flexibility index (Phi) is 4.66. The summed E-state index contributed by atoms with van der Waals surface area (Å²) in [5.74, 6) is 8.04. The number of aliphatic imine (C=N–C) groups is 1. The van der Waals surface area contributed by atoms with E-state index in [0.29, 0.717) is 6.04 Å². The molecule has 0 amide bonds. The van der Waals surface area contributed by atoms with E-state index in [1.165, 1.54) is 44.9 Å². The van der Waals surface area contributed by atoms with E-state index in [1.807, 2.05) is 0 Å². The van der Waals surface area contributed by atoms with Crippen LogP contribution in [0.5, 0.6) is 0 Å². The molecule has 0 aromatic carbocycles. The molecule has 4 heteroatoms. The number of rotatable bonds is 4. The van der Waals surface area contributed by atoms with Crippen molar-refractivity contribution in [2.24, 2.45) is 22.7 Å². The van der Waals surface area contributed by atoms with E-state index < -0.39 is 0 Å². The van der Waals surface area contributed by atoms with Gasteiger partial charge >= 0.3 is 0 Å². The van der Waals surface area contributed by atoms with Crippen LogP contribution in [-0.2, 0) is 0 Å². The quantitative estimate of drug-likeness (QED) is 0.303. The smallest absolute Gasteiger partial charge is 0.205 e. The van der Waals surface area contributed by atoms with Gasteiger partial charge in [-0.25, -0.2) is 5.84 Å². The molecule has 0 heterocycles. The summed E-state index contributed by atoms with van der Waals surface area (Å²) in [7, 11) is 0. The van der Waals surface area contributed by atoms with Gasteiger partial charge in [0.1, 0.15) is 0 Å². The molecule has 0 aromatic rings. The first-order valence-electron chi connectivity index (χ1n) is 7.05. The molecule has 17 heavy (non-hydrogen) atoms. The van der Waals surface area contributed by atoms with E-state index in [4.69, 9.17) is 5.84 Å². The Morgan fingerprint density at radius 1 is 1.18 bits per heavy atom. The highest BCUT2D eigenvalue weighted by atomic mass is 15.3. The van der Waals surface area contributed by atoms with Gasteiger partial charge in [-0.05, 0) is 31.1 Å². The van der Waals surface area contributed by atoms with Gasteiger partial charge in [-0.15, -0.1) is 0 Å². The van der Waals surface area contributed by atoms with Crippen LogP contribution in [0.15, 0.2) is 4.99 Å². The molecule has 4 nitrogen and oxygen atoms in total. The largest absolute Gasteiger partial charge is 0.353 e. The summed E-state index contributed by atoms with van der Waals surface area (Å²) < 4.78 is 0. The van der Waals surface area contributed by atoms with E-state index in [0.717, 1.165) is 24.3 Å². The Morgan fingerprint density at radius 2 is 1.88 bits per heavy atom. The van der Waals surface area contributed by atoms with Crippen molar-refractivity contribution >= 4 is 5.96 Å². The van der Waals surface area contributed by atoms with Gasteiger partial charge in [-0.3, -0.25) is 10.4 Å². The van der Waals surface area contributed by atoms with Gasteiger partial charge in [0.25, 0.3) is 0 Å². The Labute approximate surface area is 104 Å². The number of guanidine groups is 1. The second-order valence-electron chi connectivity index (χ2n) is 5.71. The maximum atomic E-state index is 5.44. The summed E-state index contributed by atoms with van der Waals surface area (Å²) in [6.45, 7) is 3.27. The molecular weight excluding hydrogens is 212 g/mol. The van der Waals surface area contributed by atoms with Gasteiger partial charge < -0.3 is 5.32 Å². The number of nitrogens with zero attached hydrogens (tertiary/aromatic N) is 1. The van der Waals surface area contributed by atoms with Gasteiger partial charge in [0.15, 0.2) is 0 Å².